The number of nitrogens with one attached hydrogen (secondary N) is 1. The molecule has 1 fully saturated rings. The lowest BCUT2D eigenvalue weighted by Gasteiger charge is -2.44. The Balaban J connectivity index is 2.31. The van der Waals surface area contributed by atoms with E-state index in [9.17, 15) is 18.9 Å². The molecule has 2 rings (SSSR count). The van der Waals surface area contributed by atoms with Crippen molar-refractivity contribution in [3.8, 4) is 0 Å². The van der Waals surface area contributed by atoms with Crippen molar-refractivity contribution in [3.05, 3.63) is 11.8 Å². The second kappa shape index (κ2) is 4.04. The molecule has 2 N–H and O–H groups in total. The van der Waals surface area contributed by atoms with E-state index in [0.717, 1.165) is 11.0 Å². The van der Waals surface area contributed by atoms with Gasteiger partial charge in [-0.1, -0.05) is 0 Å². The molecule has 3 atom stereocenters. The first-order valence-corrected chi connectivity index (χ1v) is 6.13. The van der Waals surface area contributed by atoms with Crippen LogP contribution in [0.25, 0.3) is 0 Å². The summed E-state index contributed by atoms with van der Waals surface area (Å²) in [5.74, 6) is -2.03. The number of nitrogens with zero attached hydrogens (tertiary/aromatic N) is 1. The van der Waals surface area contributed by atoms with Gasteiger partial charge in [-0.15, -0.1) is 0 Å². The van der Waals surface area contributed by atoms with Crippen LogP contribution in [0.4, 0.5) is 0 Å². The number of β-lactam (4-membered cyclic amide) rings is 1. The number of aliphatic carboxylic acids is 1. The molecule has 0 saturated carbocycles. The molecule has 2 aliphatic heterocycles. The summed E-state index contributed by atoms with van der Waals surface area (Å²) in [6, 6.07) is 0. The van der Waals surface area contributed by atoms with Crippen molar-refractivity contribution in [2.24, 2.45) is 0 Å². The number of carbonyl (C=O) groups is 3. The zero-order valence-electron chi connectivity index (χ0n) is 8.87. The molecule has 92 valence electrons. The van der Waals surface area contributed by atoms with E-state index in [2.05, 4.69) is 5.32 Å². The fourth-order valence-corrected chi connectivity index (χ4v) is 3.43. The third-order valence-electron chi connectivity index (χ3n) is 2.56. The molecule has 0 spiro atoms. The summed E-state index contributed by atoms with van der Waals surface area (Å²) >= 11 is -1.51. The first-order valence-electron chi connectivity index (χ1n) is 4.85. The normalized spacial score (nSPS) is 31.2. The van der Waals surface area contributed by atoms with E-state index in [1.165, 1.54) is 6.92 Å². The number of fused-ring (bicyclic) bond motifs is 1. The lowest BCUT2D eigenvalue weighted by atomic mass is 10.1. The molecule has 2 unspecified atom stereocenters. The van der Waals surface area contributed by atoms with E-state index in [1.54, 1.807) is 0 Å². The van der Waals surface area contributed by atoms with Crippen LogP contribution in [0.2, 0.25) is 0 Å². The van der Waals surface area contributed by atoms with E-state index in [1.807, 2.05) is 0 Å². The van der Waals surface area contributed by atoms with Crippen molar-refractivity contribution in [3.63, 3.8) is 0 Å². The van der Waals surface area contributed by atoms with E-state index in [-0.39, 0.29) is 18.0 Å². The van der Waals surface area contributed by atoms with Crippen LogP contribution in [0.3, 0.4) is 0 Å². The summed E-state index contributed by atoms with van der Waals surface area (Å²) in [4.78, 5) is 34.1. The third kappa shape index (κ3) is 1.89. The fraction of sp³-hybridized carbons (Fsp3) is 0.444. The van der Waals surface area contributed by atoms with Crippen molar-refractivity contribution in [1.82, 2.24) is 10.2 Å². The standard InChI is InChI=1S/C9H10N2O5S/c1-4(12)10-6-2-5(9(14)15)11-7(13)3-8(11)17(6)16/h2,6,8H,3H2,1H3,(H,10,12)(H,14,15)/t6?,8-,17?/m1/s1. The Labute approximate surface area is 99.6 Å². The maximum Gasteiger partial charge on any atom is 0.352 e. The van der Waals surface area contributed by atoms with Crippen LogP contribution in [-0.2, 0) is 25.6 Å². The van der Waals surface area contributed by atoms with E-state index in [4.69, 9.17) is 5.11 Å². The lowest BCUT2D eigenvalue weighted by molar-refractivity contribution is -0.146. The molecule has 0 aromatic heterocycles. The molecule has 2 amide bonds. The smallest absolute Gasteiger partial charge is 0.352 e. The zero-order chi connectivity index (χ0) is 12.7. The summed E-state index contributed by atoms with van der Waals surface area (Å²) < 4.78 is 11.9. The predicted octanol–water partition coefficient (Wildman–Crippen LogP) is -1.26. The molecule has 1 saturated heterocycles. The minimum Gasteiger partial charge on any atom is -0.613 e. The Morgan fingerprint density at radius 2 is 2.29 bits per heavy atom. The van der Waals surface area contributed by atoms with Crippen LogP contribution < -0.4 is 5.32 Å². The highest BCUT2D eigenvalue weighted by atomic mass is 32.2. The van der Waals surface area contributed by atoms with Crippen LogP contribution >= 0.6 is 0 Å². The van der Waals surface area contributed by atoms with Gasteiger partial charge in [-0.2, -0.15) is 0 Å². The number of carbonyl (C=O) groups excluding carboxylic acids is 2. The van der Waals surface area contributed by atoms with Gasteiger partial charge in [-0.3, -0.25) is 14.5 Å². The first kappa shape index (κ1) is 11.9. The van der Waals surface area contributed by atoms with E-state index < -0.39 is 33.8 Å². The topological polar surface area (TPSA) is 110 Å². The third-order valence-corrected chi connectivity index (χ3v) is 4.23. The highest BCUT2D eigenvalue weighted by molar-refractivity contribution is 7.92. The number of hydrogen-bond donors (Lipinski definition) is 2. The molecule has 17 heavy (non-hydrogen) atoms. The van der Waals surface area contributed by atoms with Crippen molar-refractivity contribution >= 4 is 29.0 Å². The number of hydrogen-bond acceptors (Lipinski definition) is 4. The Kier molecular flexibility index (Phi) is 2.84. The highest BCUT2D eigenvalue weighted by Gasteiger charge is 2.53. The lowest BCUT2D eigenvalue weighted by Crippen LogP contribution is -2.63. The average Bonchev–Trinajstić information content (AvgIpc) is 2.20. The van der Waals surface area contributed by atoms with Crippen molar-refractivity contribution in [2.75, 3.05) is 0 Å². The van der Waals surface area contributed by atoms with Gasteiger partial charge < -0.3 is 15.0 Å². The number of rotatable bonds is 2. The monoisotopic (exact) mass is 258 g/mol. The van der Waals surface area contributed by atoms with Crippen LogP contribution in [0.1, 0.15) is 13.3 Å². The van der Waals surface area contributed by atoms with Gasteiger partial charge in [-0.25, -0.2) is 4.79 Å². The summed E-state index contributed by atoms with van der Waals surface area (Å²) in [5.41, 5.74) is -0.218. The Morgan fingerprint density at radius 1 is 1.65 bits per heavy atom. The fourth-order valence-electron chi connectivity index (χ4n) is 1.80. The summed E-state index contributed by atoms with van der Waals surface area (Å²) in [6.45, 7) is 1.25. The van der Waals surface area contributed by atoms with Gasteiger partial charge >= 0.3 is 5.97 Å². The second-order valence-electron chi connectivity index (χ2n) is 3.73. The van der Waals surface area contributed by atoms with Gasteiger partial charge in [0.15, 0.2) is 0 Å². The maximum absolute atomic E-state index is 11.9. The van der Waals surface area contributed by atoms with Crippen LogP contribution in [0, 0.1) is 0 Å². The van der Waals surface area contributed by atoms with E-state index in [0.29, 0.717) is 0 Å². The molecule has 8 heteroatoms. The van der Waals surface area contributed by atoms with Gasteiger partial charge in [0.25, 0.3) is 0 Å². The molecule has 2 heterocycles. The molecule has 0 radical (unpaired) electrons. The van der Waals surface area contributed by atoms with Crippen molar-refractivity contribution in [2.45, 2.75) is 24.1 Å². The number of amides is 2. The molecule has 0 aromatic carbocycles. The molecule has 2 aliphatic rings. The maximum atomic E-state index is 11.9. The molecular formula is C9H10N2O5S. The highest BCUT2D eigenvalue weighted by Crippen LogP contribution is 2.35. The largest absolute Gasteiger partial charge is 0.613 e. The van der Waals surface area contributed by atoms with Gasteiger partial charge in [0.2, 0.25) is 22.6 Å². The van der Waals surface area contributed by atoms with Crippen LogP contribution in [0.15, 0.2) is 11.8 Å². The summed E-state index contributed by atoms with van der Waals surface area (Å²) in [5, 5.41) is 9.84. The quantitative estimate of drug-likeness (QED) is 0.474. The SMILES string of the molecule is CC(=O)NC1C=C(C(=O)O)N2C(=O)C[C@H]2[S+]1[O-]. The van der Waals surface area contributed by atoms with Crippen LogP contribution in [0.5, 0.6) is 0 Å². The minimum atomic E-state index is -1.51. The predicted molar refractivity (Wildman–Crippen MR) is 56.7 cm³/mol. The molecule has 0 aromatic rings. The van der Waals surface area contributed by atoms with Gasteiger partial charge in [0.1, 0.15) is 5.70 Å². The first-order chi connectivity index (χ1) is 7.91. The van der Waals surface area contributed by atoms with E-state index >= 15 is 0 Å². The van der Waals surface area contributed by atoms with Gasteiger partial charge in [0.05, 0.1) is 6.42 Å². The van der Waals surface area contributed by atoms with Crippen LogP contribution in [-0.4, -0.2) is 43.1 Å². The number of carboxylic acids is 1. The van der Waals surface area contributed by atoms with Crippen molar-refractivity contribution in [1.29, 1.82) is 0 Å². The van der Waals surface area contributed by atoms with Gasteiger partial charge in [0, 0.05) is 24.2 Å². The zero-order valence-corrected chi connectivity index (χ0v) is 9.69. The summed E-state index contributed by atoms with van der Waals surface area (Å²) in [6.07, 6.45) is 1.20. The summed E-state index contributed by atoms with van der Waals surface area (Å²) in [7, 11) is 0. The Morgan fingerprint density at radius 3 is 2.76 bits per heavy atom. The Bertz CT molecular complexity index is 435. The van der Waals surface area contributed by atoms with Crippen molar-refractivity contribution < 1.29 is 24.0 Å². The number of carboxylic acid groups (broad SMARTS) is 1. The minimum absolute atomic E-state index is 0.0489. The molecule has 0 aliphatic carbocycles. The Hall–Kier alpha value is -1.54. The molecule has 7 nitrogen and oxygen atoms in total. The molecule has 0 bridgehead atoms. The van der Waals surface area contributed by atoms with Gasteiger partial charge in [-0.05, 0) is 0 Å². The molecular weight excluding hydrogens is 248 g/mol. The average molecular weight is 258 g/mol. The second-order valence-corrected chi connectivity index (χ2v) is 5.44.